The fourth-order valence-corrected chi connectivity index (χ4v) is 4.19. The van der Waals surface area contributed by atoms with E-state index < -0.39 is 59.8 Å². The van der Waals surface area contributed by atoms with Crippen molar-refractivity contribution < 1.29 is 41.5 Å². The van der Waals surface area contributed by atoms with Crippen molar-refractivity contribution in [2.75, 3.05) is 18.4 Å². The minimum absolute atomic E-state index is 0.0942. The first-order chi connectivity index (χ1) is 20.5. The molecule has 3 aromatic rings. The standard InChI is InChI=1S/C29H27ClF4N4O5/c30-26-20(13-12-19(27(26)31)18-8-2-1-3-9-18)21(16-25(41)43-28(42)29(32,33)34)38-24(40)17-37-23(39)11-5-7-15-36-22-10-4-6-14-35-22/h1-4,6,8-10,12-14,21H,5,7,11,15-17H2,(H,35,36)(H,37,39)(H,38,40). The van der Waals surface area contributed by atoms with E-state index in [4.69, 9.17) is 11.6 Å². The molecule has 1 atom stereocenters. The van der Waals surface area contributed by atoms with E-state index in [1.165, 1.54) is 12.1 Å². The zero-order valence-corrected chi connectivity index (χ0v) is 23.3. The van der Waals surface area contributed by atoms with Crippen molar-refractivity contribution in [3.63, 3.8) is 0 Å². The third-order valence-electron chi connectivity index (χ3n) is 5.96. The summed E-state index contributed by atoms with van der Waals surface area (Å²) in [5.74, 6) is -5.90. The molecule has 3 rings (SSSR count). The Kier molecular flexibility index (Phi) is 12.0. The summed E-state index contributed by atoms with van der Waals surface area (Å²) in [5, 5.41) is 7.33. The quantitative estimate of drug-likeness (QED) is 0.105. The van der Waals surface area contributed by atoms with Gasteiger partial charge in [0.25, 0.3) is 0 Å². The molecule has 9 nitrogen and oxygen atoms in total. The van der Waals surface area contributed by atoms with E-state index in [0.717, 1.165) is 0 Å². The van der Waals surface area contributed by atoms with Gasteiger partial charge in [-0.1, -0.05) is 60.1 Å². The first kappa shape index (κ1) is 33.0. The molecule has 1 heterocycles. The van der Waals surface area contributed by atoms with Crippen LogP contribution >= 0.6 is 11.6 Å². The molecular weight excluding hydrogens is 596 g/mol. The van der Waals surface area contributed by atoms with Crippen molar-refractivity contribution in [2.24, 2.45) is 0 Å². The summed E-state index contributed by atoms with van der Waals surface area (Å²) >= 11 is 6.23. The van der Waals surface area contributed by atoms with Crippen LogP contribution in [0.4, 0.5) is 23.4 Å². The smallest absolute Gasteiger partial charge is 0.386 e. The van der Waals surface area contributed by atoms with Gasteiger partial charge in [-0.3, -0.25) is 14.4 Å². The summed E-state index contributed by atoms with van der Waals surface area (Å²) in [6.07, 6.45) is -3.55. The number of benzene rings is 2. The molecule has 0 radical (unpaired) electrons. The third-order valence-corrected chi connectivity index (χ3v) is 6.35. The van der Waals surface area contributed by atoms with Gasteiger partial charge in [-0.15, -0.1) is 0 Å². The number of amides is 2. The fraction of sp³-hybridized carbons (Fsp3) is 0.276. The molecule has 1 unspecified atom stereocenters. The number of pyridine rings is 1. The zero-order valence-electron chi connectivity index (χ0n) is 22.5. The van der Waals surface area contributed by atoms with E-state index in [0.29, 0.717) is 30.8 Å². The van der Waals surface area contributed by atoms with Gasteiger partial charge in [-0.25, -0.2) is 14.2 Å². The number of nitrogens with zero attached hydrogens (tertiary/aromatic N) is 1. The van der Waals surface area contributed by atoms with Gasteiger partial charge in [0.2, 0.25) is 11.8 Å². The number of hydrogen-bond acceptors (Lipinski definition) is 7. The second kappa shape index (κ2) is 15.6. The first-order valence-corrected chi connectivity index (χ1v) is 13.4. The van der Waals surface area contributed by atoms with Crippen molar-refractivity contribution in [2.45, 2.75) is 37.9 Å². The Hall–Kier alpha value is -4.52. The lowest BCUT2D eigenvalue weighted by atomic mass is 9.98. The van der Waals surface area contributed by atoms with E-state index in [1.807, 2.05) is 6.07 Å². The number of carbonyl (C=O) groups excluding carboxylic acids is 4. The average Bonchev–Trinajstić information content (AvgIpc) is 2.97. The Balaban J connectivity index is 1.62. The van der Waals surface area contributed by atoms with Crippen molar-refractivity contribution in [3.05, 3.63) is 83.3 Å². The molecule has 0 saturated heterocycles. The highest BCUT2D eigenvalue weighted by Crippen LogP contribution is 2.34. The normalized spacial score (nSPS) is 11.7. The van der Waals surface area contributed by atoms with Crippen LogP contribution in [0.25, 0.3) is 11.1 Å². The van der Waals surface area contributed by atoms with E-state index in [2.05, 4.69) is 25.7 Å². The highest BCUT2D eigenvalue weighted by atomic mass is 35.5. The van der Waals surface area contributed by atoms with Crippen LogP contribution in [0.1, 0.15) is 37.3 Å². The molecule has 14 heteroatoms. The van der Waals surface area contributed by atoms with Crippen molar-refractivity contribution in [3.8, 4) is 11.1 Å². The molecule has 3 N–H and O–H groups in total. The van der Waals surface area contributed by atoms with Gasteiger partial charge in [-0.2, -0.15) is 13.2 Å². The maximum atomic E-state index is 15.2. The number of halogens is 5. The first-order valence-electron chi connectivity index (χ1n) is 13.0. The van der Waals surface area contributed by atoms with Crippen LogP contribution in [0, 0.1) is 5.82 Å². The van der Waals surface area contributed by atoms with Gasteiger partial charge in [0, 0.05) is 24.7 Å². The Bertz CT molecular complexity index is 1430. The van der Waals surface area contributed by atoms with Gasteiger partial charge >= 0.3 is 18.1 Å². The largest absolute Gasteiger partial charge is 0.491 e. The molecular formula is C29H27ClF4N4O5. The second-order valence-corrected chi connectivity index (χ2v) is 9.53. The lowest BCUT2D eigenvalue weighted by Crippen LogP contribution is -2.40. The van der Waals surface area contributed by atoms with Gasteiger partial charge in [0.15, 0.2) is 0 Å². The van der Waals surface area contributed by atoms with Gasteiger partial charge in [0.05, 0.1) is 24.0 Å². The number of aromatic nitrogens is 1. The number of ether oxygens (including phenoxy) is 1. The summed E-state index contributed by atoms with van der Waals surface area (Å²) < 4.78 is 56.8. The lowest BCUT2D eigenvalue weighted by molar-refractivity contribution is -0.202. The minimum atomic E-state index is -5.44. The summed E-state index contributed by atoms with van der Waals surface area (Å²) in [7, 11) is 0. The SMILES string of the molecule is O=C(CCCCNc1ccccn1)NCC(=O)NC(CC(=O)OC(=O)C(F)(F)F)c1ccc(-c2ccccc2)c(F)c1Cl. The Morgan fingerprint density at radius 1 is 0.930 bits per heavy atom. The molecule has 0 aliphatic heterocycles. The van der Waals surface area contributed by atoms with Gasteiger partial charge in [-0.05, 0) is 36.1 Å². The van der Waals surface area contributed by atoms with Crippen LogP contribution in [0.3, 0.4) is 0 Å². The molecule has 0 aliphatic rings. The predicted molar refractivity (Wildman–Crippen MR) is 149 cm³/mol. The third kappa shape index (κ3) is 10.4. The summed E-state index contributed by atoms with van der Waals surface area (Å²) in [5.41, 5.74) is 0.409. The molecule has 0 bridgehead atoms. The van der Waals surface area contributed by atoms with Crippen molar-refractivity contribution in [1.29, 1.82) is 0 Å². The molecule has 1 aromatic heterocycles. The highest BCUT2D eigenvalue weighted by molar-refractivity contribution is 6.32. The second-order valence-electron chi connectivity index (χ2n) is 9.16. The zero-order chi connectivity index (χ0) is 31.4. The van der Waals surface area contributed by atoms with Crippen LogP contribution in [-0.4, -0.2) is 48.0 Å². The van der Waals surface area contributed by atoms with Gasteiger partial charge in [0.1, 0.15) is 11.6 Å². The Labute approximate surface area is 249 Å². The average molecular weight is 623 g/mol. The van der Waals surface area contributed by atoms with Crippen molar-refractivity contribution in [1.82, 2.24) is 15.6 Å². The molecule has 0 fully saturated rings. The van der Waals surface area contributed by atoms with Crippen molar-refractivity contribution >= 4 is 41.2 Å². The number of carbonyl (C=O) groups is 4. The molecule has 228 valence electrons. The van der Waals surface area contributed by atoms with Crippen LogP contribution in [0.15, 0.2) is 66.9 Å². The van der Waals surface area contributed by atoms with Crippen LogP contribution in [0.2, 0.25) is 5.02 Å². The molecule has 2 aromatic carbocycles. The Morgan fingerprint density at radius 3 is 2.33 bits per heavy atom. The van der Waals surface area contributed by atoms with E-state index in [9.17, 15) is 32.3 Å². The highest BCUT2D eigenvalue weighted by Gasteiger charge is 2.42. The maximum Gasteiger partial charge on any atom is 0.491 e. The fourth-order valence-electron chi connectivity index (χ4n) is 3.89. The van der Waals surface area contributed by atoms with E-state index >= 15 is 4.39 Å². The number of hydrogen-bond donors (Lipinski definition) is 3. The molecule has 43 heavy (non-hydrogen) atoms. The molecule has 0 saturated carbocycles. The van der Waals surface area contributed by atoms with E-state index in [1.54, 1.807) is 48.7 Å². The molecule has 0 aliphatic carbocycles. The number of esters is 2. The number of anilines is 1. The number of unbranched alkanes of at least 4 members (excludes halogenated alkanes) is 1. The Morgan fingerprint density at radius 2 is 1.65 bits per heavy atom. The van der Waals surface area contributed by atoms with E-state index in [-0.39, 0.29) is 17.5 Å². The topological polar surface area (TPSA) is 126 Å². The number of alkyl halides is 3. The minimum Gasteiger partial charge on any atom is -0.386 e. The molecule has 2 amide bonds. The van der Waals surface area contributed by atoms with Gasteiger partial charge < -0.3 is 20.7 Å². The summed E-state index contributed by atoms with van der Waals surface area (Å²) in [4.78, 5) is 52.2. The monoisotopic (exact) mass is 622 g/mol. The summed E-state index contributed by atoms with van der Waals surface area (Å²) in [6.45, 7) is 0.0139. The molecule has 0 spiro atoms. The van der Waals surface area contributed by atoms with Crippen LogP contribution in [-0.2, 0) is 23.9 Å². The summed E-state index contributed by atoms with van der Waals surface area (Å²) in [6, 6.07) is 14.8. The lowest BCUT2D eigenvalue weighted by Gasteiger charge is -2.21. The number of rotatable bonds is 13. The maximum absolute atomic E-state index is 15.2. The van der Waals surface area contributed by atoms with Crippen LogP contribution < -0.4 is 16.0 Å². The van der Waals surface area contributed by atoms with Crippen LogP contribution in [0.5, 0.6) is 0 Å². The number of nitrogens with one attached hydrogen (secondary N) is 3. The predicted octanol–water partition coefficient (Wildman–Crippen LogP) is 5.12.